The van der Waals surface area contributed by atoms with Gasteiger partial charge in [0.2, 0.25) is 5.89 Å². The standard InChI is InChI=1S/C15H17BrN4O2S/c1-19-4-5-20(15(21)10-6-12(16)23-8-10)7-11(19)14-17-13(18-22-14)9-2-3-9/h6,8-9,11H,2-5,7H2,1H3/t11-/m0/s1. The number of likely N-dealkylation sites (N-methyl/N-ethyl adjacent to an activating group) is 1. The minimum Gasteiger partial charge on any atom is -0.338 e. The lowest BCUT2D eigenvalue weighted by Crippen LogP contribution is -2.49. The highest BCUT2D eigenvalue weighted by atomic mass is 79.9. The quantitative estimate of drug-likeness (QED) is 0.797. The molecule has 1 aliphatic heterocycles. The van der Waals surface area contributed by atoms with Crippen molar-refractivity contribution in [2.75, 3.05) is 26.7 Å². The normalized spacial score (nSPS) is 22.5. The average Bonchev–Trinajstić information content (AvgIpc) is 3.12. The van der Waals surface area contributed by atoms with E-state index in [-0.39, 0.29) is 11.9 Å². The highest BCUT2D eigenvalue weighted by Gasteiger charge is 2.35. The van der Waals surface area contributed by atoms with Crippen LogP contribution in [-0.2, 0) is 0 Å². The molecule has 0 bridgehead atoms. The number of aromatic nitrogens is 2. The van der Waals surface area contributed by atoms with E-state index < -0.39 is 0 Å². The summed E-state index contributed by atoms with van der Waals surface area (Å²) in [7, 11) is 2.04. The van der Waals surface area contributed by atoms with Crippen LogP contribution in [0.25, 0.3) is 0 Å². The van der Waals surface area contributed by atoms with Crippen LogP contribution in [0.2, 0.25) is 0 Å². The van der Waals surface area contributed by atoms with Gasteiger partial charge >= 0.3 is 0 Å². The van der Waals surface area contributed by atoms with Crippen molar-refractivity contribution in [1.82, 2.24) is 19.9 Å². The van der Waals surface area contributed by atoms with Gasteiger partial charge in [0.25, 0.3) is 5.91 Å². The second kappa shape index (κ2) is 5.99. The van der Waals surface area contributed by atoms with Gasteiger partial charge < -0.3 is 9.42 Å². The maximum Gasteiger partial charge on any atom is 0.254 e. The fraction of sp³-hybridized carbons (Fsp3) is 0.533. The molecule has 0 radical (unpaired) electrons. The third-order valence-corrected chi connectivity index (χ3v) is 5.94. The Bertz CT molecular complexity index is 727. The molecule has 122 valence electrons. The van der Waals surface area contributed by atoms with E-state index in [9.17, 15) is 4.79 Å². The van der Waals surface area contributed by atoms with E-state index in [1.165, 1.54) is 11.3 Å². The van der Waals surface area contributed by atoms with Crippen LogP contribution in [0.15, 0.2) is 19.8 Å². The number of hydrogen-bond acceptors (Lipinski definition) is 6. The van der Waals surface area contributed by atoms with Crippen molar-refractivity contribution in [1.29, 1.82) is 0 Å². The van der Waals surface area contributed by atoms with E-state index in [1.54, 1.807) is 0 Å². The number of thiophene rings is 1. The third kappa shape index (κ3) is 3.07. The Morgan fingerprint density at radius 3 is 2.96 bits per heavy atom. The van der Waals surface area contributed by atoms with E-state index in [4.69, 9.17) is 4.52 Å². The van der Waals surface area contributed by atoms with Crippen molar-refractivity contribution >= 4 is 33.2 Å². The molecule has 6 nitrogen and oxygen atoms in total. The number of halogens is 1. The van der Waals surface area contributed by atoms with Gasteiger partial charge in [-0.05, 0) is 41.9 Å². The summed E-state index contributed by atoms with van der Waals surface area (Å²) >= 11 is 4.94. The van der Waals surface area contributed by atoms with Crippen LogP contribution >= 0.6 is 27.3 Å². The molecule has 0 unspecified atom stereocenters. The van der Waals surface area contributed by atoms with Gasteiger partial charge in [0.1, 0.15) is 6.04 Å². The second-order valence-corrected chi connectivity index (χ2v) is 8.44. The number of nitrogens with zero attached hydrogens (tertiary/aromatic N) is 4. The van der Waals surface area contributed by atoms with Crippen LogP contribution in [0.4, 0.5) is 0 Å². The van der Waals surface area contributed by atoms with Crippen LogP contribution in [0, 0.1) is 0 Å². The lowest BCUT2D eigenvalue weighted by atomic mass is 10.1. The molecule has 2 aliphatic rings. The predicted octanol–water partition coefficient (Wildman–Crippen LogP) is 2.90. The van der Waals surface area contributed by atoms with E-state index in [0.29, 0.717) is 24.9 Å². The van der Waals surface area contributed by atoms with Crippen molar-refractivity contribution in [3.05, 3.63) is 32.5 Å². The molecule has 1 saturated heterocycles. The molecule has 0 spiro atoms. The lowest BCUT2D eigenvalue weighted by Gasteiger charge is -2.37. The number of rotatable bonds is 3. The summed E-state index contributed by atoms with van der Waals surface area (Å²) in [5.41, 5.74) is 0.731. The number of carbonyl (C=O) groups excluding carboxylic acids is 1. The first-order valence-electron chi connectivity index (χ1n) is 7.69. The van der Waals surface area contributed by atoms with Gasteiger partial charge in [-0.2, -0.15) is 4.98 Å². The van der Waals surface area contributed by atoms with Crippen LogP contribution in [0.5, 0.6) is 0 Å². The maximum atomic E-state index is 12.6. The Kier molecular flexibility index (Phi) is 3.98. The molecule has 23 heavy (non-hydrogen) atoms. The Morgan fingerprint density at radius 1 is 1.43 bits per heavy atom. The van der Waals surface area contributed by atoms with Gasteiger partial charge in [-0.25, -0.2) is 0 Å². The first-order chi connectivity index (χ1) is 11.1. The van der Waals surface area contributed by atoms with Crippen molar-refractivity contribution < 1.29 is 9.32 Å². The van der Waals surface area contributed by atoms with Crippen molar-refractivity contribution in [3.63, 3.8) is 0 Å². The zero-order valence-corrected chi connectivity index (χ0v) is 15.1. The van der Waals surface area contributed by atoms with Gasteiger partial charge in [-0.15, -0.1) is 11.3 Å². The molecular formula is C15H17BrN4O2S. The number of hydrogen-bond donors (Lipinski definition) is 0. The van der Waals surface area contributed by atoms with Gasteiger partial charge in [0, 0.05) is 30.9 Å². The molecular weight excluding hydrogens is 380 g/mol. The summed E-state index contributed by atoms with van der Waals surface area (Å²) in [6.07, 6.45) is 2.30. The van der Waals surface area contributed by atoms with Crippen LogP contribution in [0.3, 0.4) is 0 Å². The third-order valence-electron chi connectivity index (χ3n) is 4.43. The van der Waals surface area contributed by atoms with E-state index in [1.807, 2.05) is 23.4 Å². The number of piperazine rings is 1. The summed E-state index contributed by atoms with van der Waals surface area (Å²) in [6, 6.07) is 1.84. The molecule has 0 aromatic carbocycles. The van der Waals surface area contributed by atoms with E-state index in [2.05, 4.69) is 31.0 Å². The molecule has 2 aromatic heterocycles. The van der Waals surface area contributed by atoms with E-state index in [0.717, 1.165) is 34.6 Å². The summed E-state index contributed by atoms with van der Waals surface area (Å²) in [6.45, 7) is 2.08. The molecule has 0 N–H and O–H groups in total. The lowest BCUT2D eigenvalue weighted by molar-refractivity contribution is 0.0489. The summed E-state index contributed by atoms with van der Waals surface area (Å²) < 4.78 is 6.44. The van der Waals surface area contributed by atoms with Crippen LogP contribution < -0.4 is 0 Å². The van der Waals surface area contributed by atoms with Gasteiger partial charge in [-0.1, -0.05) is 5.16 Å². The molecule has 4 rings (SSSR count). The SMILES string of the molecule is CN1CCN(C(=O)c2csc(Br)c2)C[C@H]1c1nc(C2CC2)no1. The van der Waals surface area contributed by atoms with Gasteiger partial charge in [0.05, 0.1) is 9.35 Å². The second-order valence-electron chi connectivity index (χ2n) is 6.15. The molecule has 3 heterocycles. The fourth-order valence-electron chi connectivity index (χ4n) is 2.82. The van der Waals surface area contributed by atoms with Gasteiger partial charge in [0.15, 0.2) is 5.82 Å². The molecule has 8 heteroatoms. The van der Waals surface area contributed by atoms with Crippen molar-refractivity contribution in [3.8, 4) is 0 Å². The zero-order chi connectivity index (χ0) is 16.0. The molecule has 2 fully saturated rings. The molecule has 1 aliphatic carbocycles. The van der Waals surface area contributed by atoms with Gasteiger partial charge in [-0.3, -0.25) is 9.69 Å². The zero-order valence-electron chi connectivity index (χ0n) is 12.7. The molecule has 1 saturated carbocycles. The van der Waals surface area contributed by atoms with Crippen molar-refractivity contribution in [2.45, 2.75) is 24.8 Å². The molecule has 2 aromatic rings. The van der Waals surface area contributed by atoms with Crippen LogP contribution in [0.1, 0.15) is 46.9 Å². The Labute approximate surface area is 146 Å². The van der Waals surface area contributed by atoms with Crippen molar-refractivity contribution in [2.24, 2.45) is 0 Å². The summed E-state index contributed by atoms with van der Waals surface area (Å²) in [4.78, 5) is 21.3. The highest BCUT2D eigenvalue weighted by Crippen LogP contribution is 2.39. The van der Waals surface area contributed by atoms with Crippen LogP contribution in [-0.4, -0.2) is 52.5 Å². The average molecular weight is 397 g/mol. The fourth-order valence-corrected chi connectivity index (χ4v) is 3.95. The Hall–Kier alpha value is -1.25. The first-order valence-corrected chi connectivity index (χ1v) is 9.36. The topological polar surface area (TPSA) is 62.5 Å². The monoisotopic (exact) mass is 396 g/mol. The minimum atomic E-state index is -0.0326. The minimum absolute atomic E-state index is 0.0326. The smallest absolute Gasteiger partial charge is 0.254 e. The summed E-state index contributed by atoms with van der Waals surface area (Å²) in [5.74, 6) is 1.98. The molecule has 1 atom stereocenters. The Balaban J connectivity index is 1.51. The highest BCUT2D eigenvalue weighted by molar-refractivity contribution is 9.11. The predicted molar refractivity (Wildman–Crippen MR) is 89.6 cm³/mol. The molecule has 1 amide bonds. The largest absolute Gasteiger partial charge is 0.338 e. The Morgan fingerprint density at radius 2 is 2.26 bits per heavy atom. The van der Waals surface area contributed by atoms with E-state index >= 15 is 0 Å². The first kappa shape index (κ1) is 15.3. The number of amides is 1. The number of carbonyl (C=O) groups is 1. The summed E-state index contributed by atoms with van der Waals surface area (Å²) in [5, 5.41) is 5.99. The maximum absolute atomic E-state index is 12.6.